The van der Waals surface area contributed by atoms with Crippen molar-refractivity contribution in [2.75, 3.05) is 55.8 Å². The molecule has 2 atom stereocenters. The van der Waals surface area contributed by atoms with Crippen molar-refractivity contribution in [1.29, 1.82) is 0 Å². The zero-order valence-electron chi connectivity index (χ0n) is 17.4. The lowest BCUT2D eigenvalue weighted by Gasteiger charge is -2.38. The molecule has 160 valence electrons. The quantitative estimate of drug-likeness (QED) is 0.779. The molecule has 1 amide bonds. The smallest absolute Gasteiger partial charge is 0.240 e. The minimum absolute atomic E-state index is 0.0139. The van der Waals surface area contributed by atoms with Crippen molar-refractivity contribution in [3.63, 3.8) is 0 Å². The molecule has 8 nitrogen and oxygen atoms in total. The first-order valence-electron chi connectivity index (χ1n) is 10.7. The van der Waals surface area contributed by atoms with Gasteiger partial charge in [-0.2, -0.15) is 0 Å². The lowest BCUT2D eigenvalue weighted by atomic mass is 10.1. The first kappa shape index (κ1) is 19.8. The van der Waals surface area contributed by atoms with Crippen molar-refractivity contribution in [3.8, 4) is 5.69 Å². The number of anilines is 1. The van der Waals surface area contributed by atoms with Crippen LogP contribution in [-0.2, 0) is 4.79 Å². The Morgan fingerprint density at radius 1 is 1.17 bits per heavy atom. The largest absolute Gasteiger partial charge is 0.339 e. The Bertz CT molecular complexity index is 875. The molecule has 9 heteroatoms. The third kappa shape index (κ3) is 3.93. The van der Waals surface area contributed by atoms with Gasteiger partial charge >= 0.3 is 0 Å². The van der Waals surface area contributed by atoms with Gasteiger partial charge in [-0.3, -0.25) is 19.2 Å². The maximum atomic E-state index is 12.7. The summed E-state index contributed by atoms with van der Waals surface area (Å²) >= 11 is 1.85. The Balaban J connectivity index is 1.20. The minimum atomic E-state index is -0.0139. The summed E-state index contributed by atoms with van der Waals surface area (Å²) in [7, 11) is 0. The second kappa shape index (κ2) is 8.56. The fraction of sp³-hybridized carbons (Fsp3) is 0.571. The molecule has 30 heavy (non-hydrogen) atoms. The van der Waals surface area contributed by atoms with E-state index in [1.54, 1.807) is 0 Å². The van der Waals surface area contributed by atoms with Crippen molar-refractivity contribution in [3.05, 3.63) is 36.4 Å². The van der Waals surface area contributed by atoms with Crippen molar-refractivity contribution >= 4 is 23.6 Å². The van der Waals surface area contributed by atoms with Gasteiger partial charge in [0.25, 0.3) is 0 Å². The van der Waals surface area contributed by atoms with Crippen LogP contribution in [0.15, 0.2) is 30.7 Å². The van der Waals surface area contributed by atoms with Crippen molar-refractivity contribution < 1.29 is 4.79 Å². The van der Waals surface area contributed by atoms with E-state index in [9.17, 15) is 4.79 Å². The van der Waals surface area contributed by atoms with Crippen LogP contribution in [0, 0.1) is 6.92 Å². The maximum Gasteiger partial charge on any atom is 0.240 e. The summed E-state index contributed by atoms with van der Waals surface area (Å²) in [4.78, 5) is 28.5. The van der Waals surface area contributed by atoms with E-state index in [1.807, 2.05) is 48.1 Å². The number of aromatic nitrogens is 3. The number of nitrogens with zero attached hydrogens (tertiary/aromatic N) is 6. The van der Waals surface area contributed by atoms with Crippen LogP contribution in [0.5, 0.6) is 0 Å². The van der Waals surface area contributed by atoms with Crippen LogP contribution in [0.4, 0.5) is 5.95 Å². The monoisotopic (exact) mass is 427 g/mol. The third-order valence-electron chi connectivity index (χ3n) is 6.33. The molecule has 2 aromatic heterocycles. The summed E-state index contributed by atoms with van der Waals surface area (Å²) in [6.07, 6.45) is 6.64. The lowest BCUT2D eigenvalue weighted by Crippen LogP contribution is -2.51. The van der Waals surface area contributed by atoms with Gasteiger partial charge in [-0.05, 0) is 25.5 Å². The van der Waals surface area contributed by atoms with Crippen LogP contribution < -0.4 is 10.2 Å². The Kier molecular flexibility index (Phi) is 5.66. The fourth-order valence-electron chi connectivity index (χ4n) is 4.68. The van der Waals surface area contributed by atoms with E-state index in [4.69, 9.17) is 4.98 Å². The summed E-state index contributed by atoms with van der Waals surface area (Å²) in [5.41, 5.74) is 2.11. The second-order valence-corrected chi connectivity index (χ2v) is 9.34. The predicted molar refractivity (Wildman–Crippen MR) is 119 cm³/mol. The molecule has 0 radical (unpaired) electrons. The highest BCUT2D eigenvalue weighted by atomic mass is 32.2. The molecule has 0 bridgehead atoms. The average molecular weight is 428 g/mol. The van der Waals surface area contributed by atoms with E-state index < -0.39 is 0 Å². The number of carbonyl (C=O) groups is 1. The number of piperazine rings is 1. The Morgan fingerprint density at radius 2 is 1.97 bits per heavy atom. The van der Waals surface area contributed by atoms with Gasteiger partial charge in [-0.1, -0.05) is 0 Å². The number of carbonyl (C=O) groups excluding carboxylic acids is 1. The molecule has 5 rings (SSSR count). The number of amides is 1. The van der Waals surface area contributed by atoms with Gasteiger partial charge in [0.1, 0.15) is 0 Å². The van der Waals surface area contributed by atoms with E-state index in [0.717, 1.165) is 74.6 Å². The molecule has 5 heterocycles. The summed E-state index contributed by atoms with van der Waals surface area (Å²) < 4.78 is 2.16. The number of rotatable bonds is 4. The number of imidazole rings is 1. The number of pyridine rings is 1. The fourth-order valence-corrected chi connectivity index (χ4v) is 5.64. The minimum Gasteiger partial charge on any atom is -0.339 e. The van der Waals surface area contributed by atoms with Gasteiger partial charge in [0.15, 0.2) is 0 Å². The van der Waals surface area contributed by atoms with Gasteiger partial charge in [-0.25, -0.2) is 4.98 Å². The van der Waals surface area contributed by atoms with Crippen molar-refractivity contribution in [1.82, 2.24) is 29.7 Å². The van der Waals surface area contributed by atoms with Gasteiger partial charge in [0.2, 0.25) is 11.9 Å². The Morgan fingerprint density at radius 3 is 2.70 bits per heavy atom. The van der Waals surface area contributed by atoms with E-state index in [-0.39, 0.29) is 11.9 Å². The first-order chi connectivity index (χ1) is 14.7. The van der Waals surface area contributed by atoms with Crippen LogP contribution in [0.25, 0.3) is 5.69 Å². The molecule has 0 aliphatic carbocycles. The molecule has 2 aromatic rings. The summed E-state index contributed by atoms with van der Waals surface area (Å²) in [5, 5.41) is 3.48. The molecular weight excluding hydrogens is 398 g/mol. The van der Waals surface area contributed by atoms with E-state index in [2.05, 4.69) is 30.9 Å². The van der Waals surface area contributed by atoms with Crippen LogP contribution in [0.1, 0.15) is 12.1 Å². The van der Waals surface area contributed by atoms with Crippen LogP contribution in [-0.4, -0.2) is 93.2 Å². The molecule has 0 spiro atoms. The lowest BCUT2D eigenvalue weighted by molar-refractivity contribution is -0.131. The van der Waals surface area contributed by atoms with Crippen LogP contribution in [0.2, 0.25) is 0 Å². The normalized spacial score (nSPS) is 25.2. The van der Waals surface area contributed by atoms with Crippen molar-refractivity contribution in [2.45, 2.75) is 25.4 Å². The second-order valence-electron chi connectivity index (χ2n) is 8.27. The highest BCUT2D eigenvalue weighted by molar-refractivity contribution is 7.99. The van der Waals surface area contributed by atoms with Gasteiger partial charge in [0.05, 0.1) is 23.3 Å². The average Bonchev–Trinajstić information content (AvgIpc) is 3.55. The molecule has 3 fully saturated rings. The maximum absolute atomic E-state index is 12.7. The number of hydrogen-bond acceptors (Lipinski definition) is 7. The third-order valence-corrected chi connectivity index (χ3v) is 7.30. The highest BCUT2D eigenvalue weighted by Gasteiger charge is 2.37. The SMILES string of the molecule is Cc1cn(-c2ccncc2)c(N2CCN([C@@H]3CN[C@H](C(=O)N4CCSC4)C3)CC2)n1. The summed E-state index contributed by atoms with van der Waals surface area (Å²) in [6, 6.07) is 4.46. The number of hydrogen-bond donors (Lipinski definition) is 1. The summed E-state index contributed by atoms with van der Waals surface area (Å²) in [6.45, 7) is 7.72. The van der Waals surface area contributed by atoms with E-state index in [1.165, 1.54) is 0 Å². The topological polar surface area (TPSA) is 69.5 Å². The molecular formula is C21H29N7OS. The van der Waals surface area contributed by atoms with Crippen LogP contribution in [0.3, 0.4) is 0 Å². The van der Waals surface area contributed by atoms with Gasteiger partial charge in [-0.15, -0.1) is 11.8 Å². The molecule has 0 unspecified atom stereocenters. The Labute approximate surface area is 181 Å². The van der Waals surface area contributed by atoms with Crippen molar-refractivity contribution in [2.24, 2.45) is 0 Å². The predicted octanol–water partition coefficient (Wildman–Crippen LogP) is 0.961. The highest BCUT2D eigenvalue weighted by Crippen LogP contribution is 2.24. The Hall–Kier alpha value is -2.10. The van der Waals surface area contributed by atoms with E-state index >= 15 is 0 Å². The molecule has 3 aliphatic rings. The van der Waals surface area contributed by atoms with Crippen LogP contribution >= 0.6 is 11.8 Å². The standard InChI is InChI=1S/C21H29N7OS/c1-16-14-28(17-2-4-22-5-3-17)21(24-16)26-8-6-25(7-9-26)18-12-19(23-13-18)20(29)27-10-11-30-15-27/h2-5,14,18-19,23H,6-13,15H2,1H3/t18-,19-/m0/s1. The molecule has 3 aliphatic heterocycles. The molecule has 0 aromatic carbocycles. The molecule has 1 N–H and O–H groups in total. The summed E-state index contributed by atoms with van der Waals surface area (Å²) in [5.74, 6) is 3.21. The number of aryl methyl sites for hydroxylation is 1. The zero-order chi connectivity index (χ0) is 20.5. The zero-order valence-corrected chi connectivity index (χ0v) is 18.2. The number of thioether (sulfide) groups is 1. The number of nitrogens with one attached hydrogen (secondary N) is 1. The van der Waals surface area contributed by atoms with Gasteiger partial charge < -0.3 is 15.1 Å². The van der Waals surface area contributed by atoms with E-state index in [0.29, 0.717) is 6.04 Å². The molecule has 0 saturated carbocycles. The van der Waals surface area contributed by atoms with Gasteiger partial charge in [0, 0.05) is 69.7 Å². The first-order valence-corrected chi connectivity index (χ1v) is 11.9. The molecule has 3 saturated heterocycles.